The number of amides is 1. The van der Waals surface area contributed by atoms with Crippen LogP contribution in [-0.2, 0) is 11.8 Å². The van der Waals surface area contributed by atoms with E-state index in [2.05, 4.69) is 20.4 Å². The second-order valence-electron chi connectivity index (χ2n) is 10.5. The van der Waals surface area contributed by atoms with Crippen molar-refractivity contribution < 1.29 is 18.0 Å². The minimum atomic E-state index is -4.79. The van der Waals surface area contributed by atoms with Crippen LogP contribution in [0, 0.1) is 5.92 Å². The number of nitrogens with zero attached hydrogens (tertiary/aromatic N) is 6. The molecule has 5 N–H and O–H groups in total. The molecule has 2 bridgehead atoms. The number of hydrogen-bond donors (Lipinski definition) is 3. The molecule has 4 heterocycles. The summed E-state index contributed by atoms with van der Waals surface area (Å²) in [7, 11) is 1.77. The number of benzene rings is 1. The van der Waals surface area contributed by atoms with Crippen molar-refractivity contribution in [1.29, 1.82) is 0 Å². The molecule has 1 aliphatic rings. The molecule has 15 heteroatoms. The SMILES string of the molecule is C[C@@H]1CCC[C@H](n2cnc(-c3cc(Cl)ccc3N(N)/C=C(\N)C(F)(F)F)cc2=O)c2cc(ccn2)-c2c(cnn2C)NC1=O. The molecule has 44 heavy (non-hydrogen) atoms. The normalized spacial score (nSPS) is 17.7. The summed E-state index contributed by atoms with van der Waals surface area (Å²) in [5.74, 6) is 5.49. The number of hydrazine groups is 1. The van der Waals surface area contributed by atoms with Crippen LogP contribution < -0.4 is 27.5 Å². The van der Waals surface area contributed by atoms with E-state index >= 15 is 0 Å². The van der Waals surface area contributed by atoms with Gasteiger partial charge in [-0.3, -0.25) is 28.8 Å². The summed E-state index contributed by atoms with van der Waals surface area (Å²) in [6, 6.07) is 8.66. The van der Waals surface area contributed by atoms with Gasteiger partial charge in [-0.15, -0.1) is 0 Å². The molecule has 0 fully saturated rings. The zero-order valence-corrected chi connectivity index (χ0v) is 24.5. The third-order valence-electron chi connectivity index (χ3n) is 7.44. The summed E-state index contributed by atoms with van der Waals surface area (Å²) < 4.78 is 42.2. The number of nitrogens with one attached hydrogen (secondary N) is 1. The van der Waals surface area contributed by atoms with Crippen molar-refractivity contribution in [3.63, 3.8) is 0 Å². The maximum Gasteiger partial charge on any atom is 0.432 e. The van der Waals surface area contributed by atoms with Crippen molar-refractivity contribution in [3.05, 3.63) is 88.1 Å². The molecule has 1 amide bonds. The Balaban J connectivity index is 1.57. The monoisotopic (exact) mass is 627 g/mol. The lowest BCUT2D eigenvalue weighted by Crippen LogP contribution is -2.30. The molecule has 0 radical (unpaired) electrons. The molecule has 0 saturated heterocycles. The molecule has 2 atom stereocenters. The maximum absolute atomic E-state index is 13.6. The van der Waals surface area contributed by atoms with Crippen LogP contribution in [0.1, 0.15) is 37.9 Å². The van der Waals surface area contributed by atoms with Gasteiger partial charge in [0.25, 0.3) is 5.56 Å². The molecule has 11 nitrogen and oxygen atoms in total. The number of fused-ring (bicyclic) bond motifs is 4. The van der Waals surface area contributed by atoms with Gasteiger partial charge in [0.15, 0.2) is 0 Å². The number of allylic oxidation sites excluding steroid dienone is 1. The van der Waals surface area contributed by atoms with Gasteiger partial charge >= 0.3 is 6.18 Å². The highest BCUT2D eigenvalue weighted by Crippen LogP contribution is 2.34. The summed E-state index contributed by atoms with van der Waals surface area (Å²) in [4.78, 5) is 35.6. The van der Waals surface area contributed by atoms with Crippen LogP contribution in [0.4, 0.5) is 24.5 Å². The van der Waals surface area contributed by atoms with Gasteiger partial charge in [-0.05, 0) is 43.2 Å². The molecule has 1 aliphatic heterocycles. The minimum absolute atomic E-state index is 0.0888. The highest BCUT2D eigenvalue weighted by molar-refractivity contribution is 6.31. The molecule has 0 aliphatic carbocycles. The van der Waals surface area contributed by atoms with E-state index in [4.69, 9.17) is 23.2 Å². The first kappa shape index (κ1) is 30.8. The number of nitrogens with two attached hydrogens (primary N) is 2. The Morgan fingerprint density at radius 1 is 1.16 bits per heavy atom. The summed E-state index contributed by atoms with van der Waals surface area (Å²) in [6.07, 6.45) is 1.97. The van der Waals surface area contributed by atoms with Crippen molar-refractivity contribution in [2.24, 2.45) is 24.5 Å². The summed E-state index contributed by atoms with van der Waals surface area (Å²) in [5.41, 5.74) is 6.37. The molecular formula is C29H29ClF3N9O2. The minimum Gasteiger partial charge on any atom is -0.393 e. The van der Waals surface area contributed by atoms with Gasteiger partial charge in [0.1, 0.15) is 5.70 Å². The molecule has 5 rings (SSSR count). The number of aromatic nitrogens is 5. The second kappa shape index (κ2) is 12.1. The summed E-state index contributed by atoms with van der Waals surface area (Å²) >= 11 is 6.19. The predicted octanol–water partition coefficient (Wildman–Crippen LogP) is 4.75. The van der Waals surface area contributed by atoms with Gasteiger partial charge in [0, 0.05) is 47.6 Å². The fourth-order valence-electron chi connectivity index (χ4n) is 5.11. The molecule has 0 unspecified atom stereocenters. The number of rotatable bonds is 4. The van der Waals surface area contributed by atoms with E-state index in [1.54, 1.807) is 30.2 Å². The first-order valence-electron chi connectivity index (χ1n) is 13.6. The highest BCUT2D eigenvalue weighted by atomic mass is 35.5. The van der Waals surface area contributed by atoms with Crippen molar-refractivity contribution in [3.8, 4) is 22.5 Å². The Labute approximate surface area is 254 Å². The fourth-order valence-corrected chi connectivity index (χ4v) is 5.28. The van der Waals surface area contributed by atoms with Crippen LogP contribution in [0.2, 0.25) is 5.02 Å². The quantitative estimate of drug-likeness (QED) is 0.217. The second-order valence-corrected chi connectivity index (χ2v) is 10.9. The number of aryl methyl sites for hydroxylation is 1. The van der Waals surface area contributed by atoms with Gasteiger partial charge in [0.2, 0.25) is 5.91 Å². The lowest BCUT2D eigenvalue weighted by atomic mass is 9.97. The van der Waals surface area contributed by atoms with Gasteiger partial charge in [-0.1, -0.05) is 24.9 Å². The van der Waals surface area contributed by atoms with Crippen molar-refractivity contribution >= 4 is 28.9 Å². The molecule has 0 spiro atoms. The largest absolute Gasteiger partial charge is 0.432 e. The van der Waals surface area contributed by atoms with E-state index in [0.717, 1.165) is 5.56 Å². The van der Waals surface area contributed by atoms with Crippen LogP contribution in [0.25, 0.3) is 22.5 Å². The standard InChI is InChI=1S/C29H29ClF3N9O2/c1-16-4-3-5-24(21-10-17(8-9-36-21)27-22(39-28(16)44)13-38-40(27)2)41-15-37-20(12-26(41)43)19-11-18(30)6-7-23(19)42(35)14-25(34)29(31,32)33/h6-16,24H,3-5,34-35H2,1-2H3,(H,39,44)/b25-14-/t16-,24+/m1/s1. The van der Waals surface area contributed by atoms with Crippen molar-refractivity contribution in [2.45, 2.75) is 38.4 Å². The summed E-state index contributed by atoms with van der Waals surface area (Å²) in [6.45, 7) is 1.84. The van der Waals surface area contributed by atoms with Gasteiger partial charge in [0.05, 0.1) is 47.0 Å². The van der Waals surface area contributed by atoms with Crippen molar-refractivity contribution in [1.82, 2.24) is 24.3 Å². The van der Waals surface area contributed by atoms with Gasteiger partial charge < -0.3 is 11.1 Å². The van der Waals surface area contributed by atoms with Gasteiger partial charge in [-0.2, -0.15) is 18.3 Å². The molecule has 230 valence electrons. The van der Waals surface area contributed by atoms with E-state index in [9.17, 15) is 22.8 Å². The molecule has 0 saturated carbocycles. The molecule has 4 aromatic rings. The van der Waals surface area contributed by atoms with E-state index < -0.39 is 23.5 Å². The topological polar surface area (TPSA) is 150 Å². The number of alkyl halides is 3. The van der Waals surface area contributed by atoms with Crippen LogP contribution in [0.3, 0.4) is 0 Å². The third-order valence-corrected chi connectivity index (χ3v) is 7.68. The number of anilines is 2. The lowest BCUT2D eigenvalue weighted by molar-refractivity contribution is -0.119. The Morgan fingerprint density at radius 3 is 2.66 bits per heavy atom. The maximum atomic E-state index is 13.6. The summed E-state index contributed by atoms with van der Waals surface area (Å²) in [5, 5.41) is 8.24. The Morgan fingerprint density at radius 2 is 1.93 bits per heavy atom. The fraction of sp³-hybridized carbons (Fsp3) is 0.276. The van der Waals surface area contributed by atoms with E-state index in [1.165, 1.54) is 35.2 Å². The number of hydrogen-bond acceptors (Lipinski definition) is 8. The number of halogens is 4. The zero-order valence-electron chi connectivity index (χ0n) is 23.7. The van der Waals surface area contributed by atoms with E-state index in [1.807, 2.05) is 13.0 Å². The Hall–Kier alpha value is -4.69. The Kier molecular flexibility index (Phi) is 8.48. The first-order chi connectivity index (χ1) is 20.8. The number of pyridine rings is 1. The first-order valence-corrected chi connectivity index (χ1v) is 14.0. The molecular weight excluding hydrogens is 599 g/mol. The highest BCUT2D eigenvalue weighted by Gasteiger charge is 2.32. The average molecular weight is 628 g/mol. The Bertz CT molecular complexity index is 1800. The number of carbonyl (C=O) groups is 1. The van der Waals surface area contributed by atoms with Crippen LogP contribution in [0.5, 0.6) is 0 Å². The lowest BCUT2D eigenvalue weighted by Gasteiger charge is -2.23. The van der Waals surface area contributed by atoms with Crippen LogP contribution in [-0.4, -0.2) is 36.4 Å². The van der Waals surface area contributed by atoms with Crippen LogP contribution in [0.15, 0.2) is 71.8 Å². The van der Waals surface area contributed by atoms with Gasteiger partial charge in [-0.25, -0.2) is 10.8 Å². The third kappa shape index (κ3) is 6.31. The zero-order chi connectivity index (χ0) is 31.8. The average Bonchev–Trinajstić information content (AvgIpc) is 3.33. The molecule has 3 aromatic heterocycles. The van der Waals surface area contributed by atoms with E-state index in [-0.39, 0.29) is 33.8 Å². The van der Waals surface area contributed by atoms with E-state index in [0.29, 0.717) is 47.5 Å². The smallest absolute Gasteiger partial charge is 0.393 e. The van der Waals surface area contributed by atoms with Crippen LogP contribution >= 0.6 is 11.6 Å². The predicted molar refractivity (Wildman–Crippen MR) is 160 cm³/mol. The molecule has 1 aromatic carbocycles. The van der Waals surface area contributed by atoms with Crippen molar-refractivity contribution in [2.75, 3.05) is 10.3 Å². The number of carbonyl (C=O) groups excluding carboxylic acids is 1.